The Morgan fingerprint density at radius 2 is 1.86 bits per heavy atom. The number of benzene rings is 1. The van der Waals surface area contributed by atoms with Gasteiger partial charge in [0.1, 0.15) is 0 Å². The van der Waals surface area contributed by atoms with Crippen LogP contribution in [-0.2, 0) is 6.18 Å². The molecule has 0 bridgehead atoms. The largest absolute Gasteiger partial charge is 0.416 e. The Hall–Kier alpha value is -0.260. The Labute approximate surface area is 93.6 Å². The van der Waals surface area contributed by atoms with Crippen LogP contribution in [0.5, 0.6) is 0 Å². The van der Waals surface area contributed by atoms with Crippen LogP contribution in [0.3, 0.4) is 0 Å². The fourth-order valence-electron chi connectivity index (χ4n) is 1.43. The van der Waals surface area contributed by atoms with Crippen molar-refractivity contribution in [3.05, 3.63) is 32.9 Å². The molecule has 0 spiro atoms. The van der Waals surface area contributed by atoms with E-state index in [2.05, 4.69) is 22.6 Å². The third-order valence-corrected chi connectivity index (χ3v) is 3.32. The van der Waals surface area contributed by atoms with Crippen LogP contribution in [0.2, 0.25) is 0 Å². The van der Waals surface area contributed by atoms with E-state index in [-0.39, 0.29) is 0 Å². The summed E-state index contributed by atoms with van der Waals surface area (Å²) in [6.45, 7) is 0. The van der Waals surface area contributed by atoms with Crippen LogP contribution in [0.25, 0.3) is 0 Å². The zero-order valence-electron chi connectivity index (χ0n) is 7.24. The first-order valence-corrected chi connectivity index (χ1v) is 5.43. The quantitative estimate of drug-likeness (QED) is 0.682. The molecule has 2 rings (SSSR count). The number of alkyl halides is 3. The van der Waals surface area contributed by atoms with E-state index in [0.717, 1.165) is 28.0 Å². The SMILES string of the molecule is FC(F)(F)c1ccc(I)c(C2CC2)c1. The summed E-state index contributed by atoms with van der Waals surface area (Å²) >= 11 is 2.09. The molecule has 14 heavy (non-hydrogen) atoms. The topological polar surface area (TPSA) is 0 Å². The molecule has 76 valence electrons. The number of hydrogen-bond acceptors (Lipinski definition) is 0. The highest BCUT2D eigenvalue weighted by Gasteiger charge is 2.33. The van der Waals surface area contributed by atoms with Crippen LogP contribution < -0.4 is 0 Å². The summed E-state index contributed by atoms with van der Waals surface area (Å²) in [5.74, 6) is 0.365. The molecule has 1 aliphatic rings. The van der Waals surface area contributed by atoms with E-state index in [9.17, 15) is 13.2 Å². The summed E-state index contributed by atoms with van der Waals surface area (Å²) in [6, 6.07) is 3.99. The minimum Gasteiger partial charge on any atom is -0.166 e. The first-order valence-electron chi connectivity index (χ1n) is 4.35. The van der Waals surface area contributed by atoms with E-state index >= 15 is 0 Å². The van der Waals surface area contributed by atoms with E-state index in [1.165, 1.54) is 6.07 Å². The predicted molar refractivity (Wildman–Crippen MR) is 56.1 cm³/mol. The van der Waals surface area contributed by atoms with E-state index in [1.807, 2.05) is 0 Å². The monoisotopic (exact) mass is 312 g/mol. The van der Waals surface area contributed by atoms with E-state index in [0.29, 0.717) is 5.92 Å². The Bertz CT molecular complexity index is 353. The van der Waals surface area contributed by atoms with Gasteiger partial charge in [0.15, 0.2) is 0 Å². The van der Waals surface area contributed by atoms with Crippen molar-refractivity contribution in [1.29, 1.82) is 0 Å². The molecule has 1 aromatic carbocycles. The van der Waals surface area contributed by atoms with Crippen molar-refractivity contribution in [2.75, 3.05) is 0 Å². The van der Waals surface area contributed by atoms with Crippen LogP contribution in [0.4, 0.5) is 13.2 Å². The van der Waals surface area contributed by atoms with Crippen LogP contribution in [0.1, 0.15) is 29.9 Å². The molecule has 1 fully saturated rings. The lowest BCUT2D eigenvalue weighted by Crippen LogP contribution is -2.05. The smallest absolute Gasteiger partial charge is 0.166 e. The highest BCUT2D eigenvalue weighted by Crippen LogP contribution is 2.43. The third kappa shape index (κ3) is 2.04. The van der Waals surface area contributed by atoms with Crippen LogP contribution in [0.15, 0.2) is 18.2 Å². The van der Waals surface area contributed by atoms with Gasteiger partial charge in [-0.15, -0.1) is 0 Å². The molecule has 0 radical (unpaired) electrons. The Balaban J connectivity index is 2.40. The summed E-state index contributed by atoms with van der Waals surface area (Å²) in [6.07, 6.45) is -2.16. The molecule has 1 saturated carbocycles. The van der Waals surface area contributed by atoms with Gasteiger partial charge < -0.3 is 0 Å². The number of hydrogen-bond donors (Lipinski definition) is 0. The molecular weight excluding hydrogens is 304 g/mol. The second-order valence-corrected chi connectivity index (χ2v) is 4.67. The van der Waals surface area contributed by atoms with Gasteiger partial charge in [0, 0.05) is 3.57 Å². The molecule has 4 heteroatoms. The maximum Gasteiger partial charge on any atom is 0.416 e. The average Bonchev–Trinajstić information content (AvgIpc) is 2.85. The minimum absolute atomic E-state index is 0.365. The number of rotatable bonds is 1. The van der Waals surface area contributed by atoms with Crippen LogP contribution in [0, 0.1) is 3.57 Å². The van der Waals surface area contributed by atoms with Crippen molar-refractivity contribution in [2.45, 2.75) is 24.9 Å². The fraction of sp³-hybridized carbons (Fsp3) is 0.400. The molecule has 0 atom stereocenters. The Morgan fingerprint density at radius 3 is 2.36 bits per heavy atom. The van der Waals surface area contributed by atoms with Gasteiger partial charge in [-0.25, -0.2) is 0 Å². The van der Waals surface area contributed by atoms with Gasteiger partial charge in [-0.05, 0) is 65.1 Å². The molecule has 1 aliphatic carbocycles. The van der Waals surface area contributed by atoms with Crippen molar-refractivity contribution in [3.8, 4) is 0 Å². The summed E-state index contributed by atoms with van der Waals surface area (Å²) in [5.41, 5.74) is 0.334. The molecule has 0 heterocycles. The molecule has 0 amide bonds. The highest BCUT2D eigenvalue weighted by molar-refractivity contribution is 14.1. The maximum absolute atomic E-state index is 12.4. The van der Waals surface area contributed by atoms with E-state index < -0.39 is 11.7 Å². The van der Waals surface area contributed by atoms with Crippen molar-refractivity contribution in [1.82, 2.24) is 0 Å². The van der Waals surface area contributed by atoms with Gasteiger partial charge >= 0.3 is 6.18 Å². The minimum atomic E-state index is -4.21. The highest BCUT2D eigenvalue weighted by atomic mass is 127. The summed E-state index contributed by atoms with van der Waals surface area (Å²) < 4.78 is 38.1. The van der Waals surface area contributed by atoms with Gasteiger partial charge in [0.2, 0.25) is 0 Å². The first kappa shape index (κ1) is 10.3. The standard InChI is InChI=1S/C10H8F3I/c11-10(12,13)7-3-4-9(14)8(5-7)6-1-2-6/h3-6H,1-2H2. The van der Waals surface area contributed by atoms with Crippen LogP contribution >= 0.6 is 22.6 Å². The van der Waals surface area contributed by atoms with Crippen molar-refractivity contribution in [3.63, 3.8) is 0 Å². The van der Waals surface area contributed by atoms with Gasteiger partial charge in [0.05, 0.1) is 5.56 Å². The zero-order chi connectivity index (χ0) is 10.3. The second-order valence-electron chi connectivity index (χ2n) is 3.51. The Kier molecular flexibility index (Phi) is 2.49. The van der Waals surface area contributed by atoms with Gasteiger partial charge in [-0.2, -0.15) is 13.2 Å². The first-order chi connectivity index (χ1) is 6.48. The lowest BCUT2D eigenvalue weighted by molar-refractivity contribution is -0.137. The molecule has 0 aliphatic heterocycles. The number of halogens is 4. The predicted octanol–water partition coefficient (Wildman–Crippen LogP) is 4.19. The maximum atomic E-state index is 12.4. The molecule has 0 saturated heterocycles. The van der Waals surface area contributed by atoms with E-state index in [4.69, 9.17) is 0 Å². The van der Waals surface area contributed by atoms with E-state index in [1.54, 1.807) is 6.07 Å². The second kappa shape index (κ2) is 3.40. The third-order valence-electron chi connectivity index (χ3n) is 2.34. The molecule has 0 aromatic heterocycles. The van der Waals surface area contributed by atoms with Crippen molar-refractivity contribution >= 4 is 22.6 Å². The molecule has 0 N–H and O–H groups in total. The van der Waals surface area contributed by atoms with Gasteiger partial charge in [-0.1, -0.05) is 0 Å². The van der Waals surface area contributed by atoms with Gasteiger partial charge in [-0.3, -0.25) is 0 Å². The summed E-state index contributed by atoms with van der Waals surface area (Å²) in [4.78, 5) is 0. The fourth-order valence-corrected chi connectivity index (χ4v) is 2.20. The average molecular weight is 312 g/mol. The van der Waals surface area contributed by atoms with Crippen LogP contribution in [-0.4, -0.2) is 0 Å². The summed E-state index contributed by atoms with van der Waals surface area (Å²) in [5, 5.41) is 0. The Morgan fingerprint density at radius 1 is 1.21 bits per heavy atom. The van der Waals surface area contributed by atoms with Gasteiger partial charge in [0.25, 0.3) is 0 Å². The van der Waals surface area contributed by atoms with Crippen molar-refractivity contribution in [2.24, 2.45) is 0 Å². The lowest BCUT2D eigenvalue weighted by Gasteiger charge is -2.09. The molecule has 0 nitrogen and oxygen atoms in total. The lowest BCUT2D eigenvalue weighted by atomic mass is 10.1. The normalized spacial score (nSPS) is 17.1. The summed E-state index contributed by atoms with van der Waals surface area (Å²) in [7, 11) is 0. The van der Waals surface area contributed by atoms with Crippen molar-refractivity contribution < 1.29 is 13.2 Å². The molecule has 0 unspecified atom stereocenters. The zero-order valence-corrected chi connectivity index (χ0v) is 9.39. The molecule has 1 aromatic rings. The molecular formula is C10H8F3I.